The summed E-state index contributed by atoms with van der Waals surface area (Å²) in [5.41, 5.74) is 2.58. The third-order valence-electron chi connectivity index (χ3n) is 3.66. The van der Waals surface area contributed by atoms with Crippen molar-refractivity contribution >= 4 is 11.7 Å². The number of hydrogen-bond donors (Lipinski definition) is 1. The van der Waals surface area contributed by atoms with Crippen LogP contribution in [0.15, 0.2) is 42.5 Å². The standard InChI is InChI=1S/C16H14FNO2/c17-14-7-3-6-13(16(19)20)15(14)18-9-8-11-4-1-2-5-12(11)10-18/h1-7H,8-10H2,(H,19,20). The number of aromatic carboxylic acids is 1. The summed E-state index contributed by atoms with van der Waals surface area (Å²) in [6.45, 7) is 1.16. The van der Waals surface area contributed by atoms with Gasteiger partial charge in [-0.15, -0.1) is 0 Å². The van der Waals surface area contributed by atoms with Crippen LogP contribution in [0.1, 0.15) is 21.5 Å². The van der Waals surface area contributed by atoms with E-state index in [0.29, 0.717) is 13.1 Å². The highest BCUT2D eigenvalue weighted by molar-refractivity contribution is 5.94. The number of carboxylic acids is 1. The summed E-state index contributed by atoms with van der Waals surface area (Å²) in [4.78, 5) is 13.1. The Bertz CT molecular complexity index is 669. The summed E-state index contributed by atoms with van der Waals surface area (Å²) in [6.07, 6.45) is 0.795. The first-order valence-electron chi connectivity index (χ1n) is 6.50. The van der Waals surface area contributed by atoms with Crippen LogP contribution in [0.2, 0.25) is 0 Å². The van der Waals surface area contributed by atoms with Gasteiger partial charge in [0.25, 0.3) is 0 Å². The van der Waals surface area contributed by atoms with Crippen molar-refractivity contribution in [1.29, 1.82) is 0 Å². The van der Waals surface area contributed by atoms with Gasteiger partial charge in [-0.2, -0.15) is 0 Å². The van der Waals surface area contributed by atoms with E-state index in [0.717, 1.165) is 12.0 Å². The molecular formula is C16H14FNO2. The quantitative estimate of drug-likeness (QED) is 0.912. The van der Waals surface area contributed by atoms with E-state index >= 15 is 0 Å². The Hall–Kier alpha value is -2.36. The summed E-state index contributed by atoms with van der Waals surface area (Å²) in [6, 6.07) is 12.2. The summed E-state index contributed by atoms with van der Waals surface area (Å²) >= 11 is 0. The Morgan fingerprint density at radius 1 is 1.10 bits per heavy atom. The fourth-order valence-electron chi connectivity index (χ4n) is 2.70. The van der Waals surface area contributed by atoms with Crippen molar-refractivity contribution in [3.63, 3.8) is 0 Å². The van der Waals surface area contributed by atoms with Gasteiger partial charge in [-0.1, -0.05) is 30.3 Å². The molecule has 1 N–H and O–H groups in total. The number of nitrogens with zero attached hydrogens (tertiary/aromatic N) is 1. The van der Waals surface area contributed by atoms with Crippen LogP contribution < -0.4 is 4.90 Å². The Kier molecular flexibility index (Phi) is 3.14. The minimum absolute atomic E-state index is 0.0179. The van der Waals surface area contributed by atoms with Crippen LogP contribution in [0.5, 0.6) is 0 Å². The number of carbonyl (C=O) groups is 1. The molecule has 3 nitrogen and oxygen atoms in total. The van der Waals surface area contributed by atoms with Crippen LogP contribution in [0.4, 0.5) is 10.1 Å². The highest BCUT2D eigenvalue weighted by Crippen LogP contribution is 2.29. The van der Waals surface area contributed by atoms with Crippen molar-refractivity contribution < 1.29 is 14.3 Å². The Labute approximate surface area is 116 Å². The highest BCUT2D eigenvalue weighted by atomic mass is 19.1. The van der Waals surface area contributed by atoms with Crippen LogP contribution in [0.25, 0.3) is 0 Å². The molecule has 2 aromatic carbocycles. The highest BCUT2D eigenvalue weighted by Gasteiger charge is 2.23. The summed E-state index contributed by atoms with van der Waals surface area (Å²) in [5.74, 6) is -1.58. The molecule has 0 radical (unpaired) electrons. The van der Waals surface area contributed by atoms with Crippen molar-refractivity contribution in [2.45, 2.75) is 13.0 Å². The first kappa shape index (κ1) is 12.7. The molecule has 0 spiro atoms. The third-order valence-corrected chi connectivity index (χ3v) is 3.66. The number of para-hydroxylation sites is 1. The van der Waals surface area contributed by atoms with Crippen LogP contribution in [-0.2, 0) is 13.0 Å². The molecule has 0 aromatic heterocycles. The summed E-state index contributed by atoms with van der Waals surface area (Å²) in [5, 5.41) is 9.22. The molecule has 1 heterocycles. The zero-order chi connectivity index (χ0) is 14.1. The lowest BCUT2D eigenvalue weighted by Crippen LogP contribution is -2.32. The Morgan fingerprint density at radius 2 is 1.85 bits per heavy atom. The molecule has 0 bridgehead atoms. The maximum Gasteiger partial charge on any atom is 0.337 e. The summed E-state index contributed by atoms with van der Waals surface area (Å²) < 4.78 is 14.1. The van der Waals surface area contributed by atoms with Crippen LogP contribution in [0.3, 0.4) is 0 Å². The molecule has 0 atom stereocenters. The van der Waals surface area contributed by atoms with Gasteiger partial charge < -0.3 is 10.0 Å². The van der Waals surface area contributed by atoms with E-state index in [1.807, 2.05) is 18.2 Å². The van der Waals surface area contributed by atoms with E-state index in [2.05, 4.69) is 6.07 Å². The van der Waals surface area contributed by atoms with Crippen molar-refractivity contribution in [3.05, 3.63) is 65.0 Å². The van der Waals surface area contributed by atoms with Gasteiger partial charge in [-0.3, -0.25) is 0 Å². The van der Waals surface area contributed by atoms with E-state index in [1.54, 1.807) is 4.90 Å². The third kappa shape index (κ3) is 2.13. The number of halogens is 1. The predicted molar refractivity (Wildman–Crippen MR) is 74.6 cm³/mol. The lowest BCUT2D eigenvalue weighted by molar-refractivity contribution is 0.0697. The minimum atomic E-state index is -1.10. The molecular weight excluding hydrogens is 257 g/mol. The second kappa shape index (κ2) is 4.96. The second-order valence-electron chi connectivity index (χ2n) is 4.88. The van der Waals surface area contributed by atoms with E-state index in [1.165, 1.54) is 23.8 Å². The SMILES string of the molecule is O=C(O)c1cccc(F)c1N1CCc2ccccc2C1. The summed E-state index contributed by atoms with van der Waals surface area (Å²) in [7, 11) is 0. The number of anilines is 1. The number of benzene rings is 2. The topological polar surface area (TPSA) is 40.5 Å². The molecule has 0 amide bonds. The van der Waals surface area contributed by atoms with E-state index in [9.17, 15) is 14.3 Å². The van der Waals surface area contributed by atoms with Gasteiger partial charge in [-0.25, -0.2) is 9.18 Å². The van der Waals surface area contributed by atoms with Crippen LogP contribution in [0, 0.1) is 5.82 Å². The van der Waals surface area contributed by atoms with Crippen molar-refractivity contribution in [3.8, 4) is 0 Å². The molecule has 1 aliphatic rings. The second-order valence-corrected chi connectivity index (χ2v) is 4.88. The normalized spacial score (nSPS) is 13.9. The monoisotopic (exact) mass is 271 g/mol. The molecule has 2 aromatic rings. The average molecular weight is 271 g/mol. The van der Waals surface area contributed by atoms with Gasteiger partial charge in [-0.05, 0) is 29.7 Å². The molecule has 1 aliphatic heterocycles. The van der Waals surface area contributed by atoms with Crippen molar-refractivity contribution in [2.75, 3.05) is 11.4 Å². The first-order chi connectivity index (χ1) is 9.66. The lowest BCUT2D eigenvalue weighted by atomic mass is 9.98. The maximum atomic E-state index is 14.1. The minimum Gasteiger partial charge on any atom is -0.478 e. The number of rotatable bonds is 2. The molecule has 0 fully saturated rings. The molecule has 0 saturated heterocycles. The fourth-order valence-corrected chi connectivity index (χ4v) is 2.70. The zero-order valence-electron chi connectivity index (χ0n) is 10.8. The van der Waals surface area contributed by atoms with E-state index < -0.39 is 11.8 Å². The van der Waals surface area contributed by atoms with Crippen LogP contribution in [-0.4, -0.2) is 17.6 Å². The molecule has 4 heteroatoms. The van der Waals surface area contributed by atoms with Gasteiger partial charge in [0.15, 0.2) is 0 Å². The smallest absolute Gasteiger partial charge is 0.337 e. The van der Waals surface area contributed by atoms with Gasteiger partial charge in [0.05, 0.1) is 11.3 Å². The lowest BCUT2D eigenvalue weighted by Gasteiger charge is -2.31. The van der Waals surface area contributed by atoms with Crippen molar-refractivity contribution in [1.82, 2.24) is 0 Å². The Morgan fingerprint density at radius 3 is 2.60 bits per heavy atom. The first-order valence-corrected chi connectivity index (χ1v) is 6.50. The molecule has 20 heavy (non-hydrogen) atoms. The zero-order valence-corrected chi connectivity index (χ0v) is 10.8. The average Bonchev–Trinajstić information content (AvgIpc) is 2.46. The van der Waals surface area contributed by atoms with Gasteiger partial charge in [0.1, 0.15) is 5.82 Å². The molecule has 3 rings (SSSR count). The number of carboxylic acid groups (broad SMARTS) is 1. The number of hydrogen-bond acceptors (Lipinski definition) is 2. The molecule has 0 unspecified atom stereocenters. The van der Waals surface area contributed by atoms with E-state index in [4.69, 9.17) is 0 Å². The van der Waals surface area contributed by atoms with Crippen LogP contribution >= 0.6 is 0 Å². The van der Waals surface area contributed by atoms with Crippen molar-refractivity contribution in [2.24, 2.45) is 0 Å². The largest absolute Gasteiger partial charge is 0.478 e. The fraction of sp³-hybridized carbons (Fsp3) is 0.188. The van der Waals surface area contributed by atoms with E-state index in [-0.39, 0.29) is 11.3 Å². The predicted octanol–water partition coefficient (Wildman–Crippen LogP) is 3.09. The van der Waals surface area contributed by atoms with Gasteiger partial charge >= 0.3 is 5.97 Å². The van der Waals surface area contributed by atoms with Gasteiger partial charge in [0.2, 0.25) is 0 Å². The van der Waals surface area contributed by atoms with Gasteiger partial charge in [0, 0.05) is 13.1 Å². The number of fused-ring (bicyclic) bond motifs is 1. The maximum absolute atomic E-state index is 14.1. The Balaban J connectivity index is 2.02. The molecule has 102 valence electrons. The molecule has 0 saturated carbocycles. The molecule has 0 aliphatic carbocycles.